The Bertz CT molecular complexity index is 209. The zero-order valence-electron chi connectivity index (χ0n) is 11.9. The lowest BCUT2D eigenvalue weighted by atomic mass is 9.69. The Morgan fingerprint density at radius 1 is 1.24 bits per heavy atom. The van der Waals surface area contributed by atoms with Gasteiger partial charge in [0.25, 0.3) is 0 Å². The van der Waals surface area contributed by atoms with Gasteiger partial charge in [-0.05, 0) is 49.5 Å². The standard InChI is InChI=1S/C15H31NO/c1-4-7-13(11-16)14(17)15(10-12(2)3)8-5-6-9-15/h12-14,17H,4-11,16H2,1-3H3. The first kappa shape index (κ1) is 15.0. The number of aliphatic hydroxyl groups is 1. The van der Waals surface area contributed by atoms with Gasteiger partial charge < -0.3 is 10.8 Å². The normalized spacial score (nSPS) is 22.9. The molecule has 0 bridgehead atoms. The molecule has 0 heterocycles. The average molecular weight is 241 g/mol. The molecule has 102 valence electrons. The molecule has 2 unspecified atom stereocenters. The van der Waals surface area contributed by atoms with Crippen molar-refractivity contribution in [2.45, 2.75) is 71.8 Å². The van der Waals surface area contributed by atoms with Gasteiger partial charge in [0, 0.05) is 0 Å². The Hall–Kier alpha value is -0.0800. The average Bonchev–Trinajstić information content (AvgIpc) is 2.73. The van der Waals surface area contributed by atoms with Crippen molar-refractivity contribution in [3.8, 4) is 0 Å². The van der Waals surface area contributed by atoms with E-state index in [0.29, 0.717) is 18.4 Å². The van der Waals surface area contributed by atoms with Crippen LogP contribution >= 0.6 is 0 Å². The summed E-state index contributed by atoms with van der Waals surface area (Å²) in [7, 11) is 0. The van der Waals surface area contributed by atoms with Crippen LogP contribution in [0.15, 0.2) is 0 Å². The minimum absolute atomic E-state index is 0.174. The number of aliphatic hydroxyl groups excluding tert-OH is 1. The highest BCUT2D eigenvalue weighted by Gasteiger charge is 2.43. The van der Waals surface area contributed by atoms with Crippen LogP contribution in [0.3, 0.4) is 0 Å². The summed E-state index contributed by atoms with van der Waals surface area (Å²) in [6, 6.07) is 0. The zero-order chi connectivity index (χ0) is 12.9. The number of hydrogen-bond acceptors (Lipinski definition) is 2. The first-order valence-corrected chi connectivity index (χ1v) is 7.44. The lowest BCUT2D eigenvalue weighted by molar-refractivity contribution is -0.0289. The van der Waals surface area contributed by atoms with E-state index in [-0.39, 0.29) is 11.5 Å². The second-order valence-corrected chi connectivity index (χ2v) is 6.40. The van der Waals surface area contributed by atoms with Gasteiger partial charge in [0.15, 0.2) is 0 Å². The maximum absolute atomic E-state index is 10.8. The molecule has 17 heavy (non-hydrogen) atoms. The summed E-state index contributed by atoms with van der Waals surface area (Å²) >= 11 is 0. The number of hydrogen-bond donors (Lipinski definition) is 2. The van der Waals surface area contributed by atoms with Crippen LogP contribution in [0.25, 0.3) is 0 Å². The predicted octanol–water partition coefficient (Wildman–Crippen LogP) is 3.33. The molecule has 0 aliphatic heterocycles. The third-order valence-corrected chi connectivity index (χ3v) is 4.45. The molecule has 0 spiro atoms. The molecule has 0 radical (unpaired) electrons. The molecule has 1 aliphatic rings. The van der Waals surface area contributed by atoms with Gasteiger partial charge in [-0.1, -0.05) is 40.0 Å². The minimum Gasteiger partial charge on any atom is -0.392 e. The van der Waals surface area contributed by atoms with E-state index < -0.39 is 0 Å². The van der Waals surface area contributed by atoms with Gasteiger partial charge in [-0.15, -0.1) is 0 Å². The van der Waals surface area contributed by atoms with Crippen LogP contribution in [-0.4, -0.2) is 17.8 Å². The van der Waals surface area contributed by atoms with Crippen LogP contribution in [0.2, 0.25) is 0 Å². The molecule has 0 amide bonds. The second-order valence-electron chi connectivity index (χ2n) is 6.40. The van der Waals surface area contributed by atoms with Gasteiger partial charge in [0.2, 0.25) is 0 Å². The van der Waals surface area contributed by atoms with Crippen molar-refractivity contribution >= 4 is 0 Å². The fraction of sp³-hybridized carbons (Fsp3) is 1.00. The smallest absolute Gasteiger partial charge is 0.0636 e. The lowest BCUT2D eigenvalue weighted by Gasteiger charge is -2.40. The second kappa shape index (κ2) is 6.75. The maximum Gasteiger partial charge on any atom is 0.0636 e. The van der Waals surface area contributed by atoms with E-state index in [1.54, 1.807) is 0 Å². The summed E-state index contributed by atoms with van der Waals surface area (Å²) < 4.78 is 0. The van der Waals surface area contributed by atoms with E-state index in [1.807, 2.05) is 0 Å². The SMILES string of the molecule is CCCC(CN)C(O)C1(CC(C)C)CCCC1. The minimum atomic E-state index is -0.183. The molecule has 1 fully saturated rings. The van der Waals surface area contributed by atoms with Crippen LogP contribution in [0, 0.1) is 17.3 Å². The molecule has 1 rings (SSSR count). The zero-order valence-corrected chi connectivity index (χ0v) is 11.9. The van der Waals surface area contributed by atoms with Crippen molar-refractivity contribution in [2.24, 2.45) is 23.0 Å². The van der Waals surface area contributed by atoms with Gasteiger partial charge in [-0.3, -0.25) is 0 Å². The summed E-state index contributed by atoms with van der Waals surface area (Å²) in [5.74, 6) is 0.972. The van der Waals surface area contributed by atoms with E-state index >= 15 is 0 Å². The highest BCUT2D eigenvalue weighted by molar-refractivity contribution is 4.94. The maximum atomic E-state index is 10.8. The summed E-state index contributed by atoms with van der Waals surface area (Å²) in [4.78, 5) is 0. The fourth-order valence-corrected chi connectivity index (χ4v) is 3.79. The molecule has 0 aromatic rings. The highest BCUT2D eigenvalue weighted by atomic mass is 16.3. The number of rotatable bonds is 7. The lowest BCUT2D eigenvalue weighted by Crippen LogP contribution is -2.42. The molecule has 3 N–H and O–H groups in total. The molecule has 1 saturated carbocycles. The van der Waals surface area contributed by atoms with Crippen molar-refractivity contribution in [3.05, 3.63) is 0 Å². The Morgan fingerprint density at radius 2 is 1.82 bits per heavy atom. The van der Waals surface area contributed by atoms with Gasteiger partial charge in [0.1, 0.15) is 0 Å². The van der Waals surface area contributed by atoms with E-state index in [2.05, 4.69) is 20.8 Å². The summed E-state index contributed by atoms with van der Waals surface area (Å²) in [5, 5.41) is 10.8. The summed E-state index contributed by atoms with van der Waals surface area (Å²) in [5.41, 5.74) is 6.03. The van der Waals surface area contributed by atoms with E-state index in [0.717, 1.165) is 19.3 Å². The first-order chi connectivity index (χ1) is 8.05. The summed E-state index contributed by atoms with van der Waals surface area (Å²) in [6.07, 6.45) is 8.14. The molecule has 0 aromatic carbocycles. The van der Waals surface area contributed by atoms with Crippen molar-refractivity contribution in [1.82, 2.24) is 0 Å². The van der Waals surface area contributed by atoms with Crippen LogP contribution in [0.1, 0.15) is 65.7 Å². The van der Waals surface area contributed by atoms with Crippen LogP contribution in [0.4, 0.5) is 0 Å². The Kier molecular flexibility index (Phi) is 5.94. The fourth-order valence-electron chi connectivity index (χ4n) is 3.79. The molecule has 2 nitrogen and oxygen atoms in total. The Morgan fingerprint density at radius 3 is 2.24 bits per heavy atom. The molecule has 2 heteroatoms. The first-order valence-electron chi connectivity index (χ1n) is 7.44. The Labute approximate surface area is 107 Å². The topological polar surface area (TPSA) is 46.2 Å². The monoisotopic (exact) mass is 241 g/mol. The van der Waals surface area contributed by atoms with Crippen LogP contribution < -0.4 is 5.73 Å². The van der Waals surface area contributed by atoms with Gasteiger partial charge in [-0.2, -0.15) is 0 Å². The van der Waals surface area contributed by atoms with E-state index in [4.69, 9.17) is 5.73 Å². The Balaban J connectivity index is 2.74. The molecule has 1 aliphatic carbocycles. The van der Waals surface area contributed by atoms with Crippen molar-refractivity contribution in [3.63, 3.8) is 0 Å². The predicted molar refractivity (Wildman–Crippen MR) is 73.8 cm³/mol. The molecule has 2 atom stereocenters. The van der Waals surface area contributed by atoms with Gasteiger partial charge in [0.05, 0.1) is 6.10 Å². The quantitative estimate of drug-likeness (QED) is 0.718. The van der Waals surface area contributed by atoms with Crippen molar-refractivity contribution in [2.75, 3.05) is 6.54 Å². The molecular weight excluding hydrogens is 210 g/mol. The molecule has 0 saturated heterocycles. The molecule has 0 aromatic heterocycles. The largest absolute Gasteiger partial charge is 0.392 e. The van der Waals surface area contributed by atoms with Crippen molar-refractivity contribution in [1.29, 1.82) is 0 Å². The van der Waals surface area contributed by atoms with Gasteiger partial charge in [-0.25, -0.2) is 0 Å². The number of nitrogens with two attached hydrogens (primary N) is 1. The third-order valence-electron chi connectivity index (χ3n) is 4.45. The van der Waals surface area contributed by atoms with E-state index in [1.165, 1.54) is 25.7 Å². The highest BCUT2D eigenvalue weighted by Crippen LogP contribution is 2.48. The van der Waals surface area contributed by atoms with Crippen molar-refractivity contribution < 1.29 is 5.11 Å². The van der Waals surface area contributed by atoms with Crippen LogP contribution in [-0.2, 0) is 0 Å². The van der Waals surface area contributed by atoms with Crippen LogP contribution in [0.5, 0.6) is 0 Å². The van der Waals surface area contributed by atoms with Gasteiger partial charge >= 0.3 is 0 Å². The third kappa shape index (κ3) is 3.69. The summed E-state index contributed by atoms with van der Waals surface area (Å²) in [6.45, 7) is 7.35. The van der Waals surface area contributed by atoms with E-state index in [9.17, 15) is 5.11 Å². The molecular formula is C15H31NO.